The van der Waals surface area contributed by atoms with E-state index < -0.39 is 4.92 Å². The highest BCUT2D eigenvalue weighted by molar-refractivity contribution is 6.35. The summed E-state index contributed by atoms with van der Waals surface area (Å²) in [7, 11) is 0. The van der Waals surface area contributed by atoms with E-state index in [4.69, 9.17) is 23.2 Å². The van der Waals surface area contributed by atoms with E-state index in [1.54, 1.807) is 36.4 Å². The fraction of sp³-hybridized carbons (Fsp3) is 0.0556. The SMILES string of the molecule is O=c1c2cnn(-c3ccccc3[N+](=O)[O-])c2ncn1Cc1ccc(Cl)cc1Cl. The number of para-hydroxylation sites is 2. The molecule has 0 amide bonds. The van der Waals surface area contributed by atoms with Crippen LogP contribution in [0.5, 0.6) is 0 Å². The van der Waals surface area contributed by atoms with Crippen molar-refractivity contribution in [1.82, 2.24) is 19.3 Å². The van der Waals surface area contributed by atoms with Crippen molar-refractivity contribution in [3.8, 4) is 5.69 Å². The average Bonchev–Trinajstić information content (AvgIpc) is 3.10. The molecule has 0 aliphatic heterocycles. The summed E-state index contributed by atoms with van der Waals surface area (Å²) in [5.41, 5.74) is 0.707. The maximum atomic E-state index is 12.8. The van der Waals surface area contributed by atoms with Crippen LogP contribution in [-0.2, 0) is 6.54 Å². The number of hydrogen-bond donors (Lipinski definition) is 0. The van der Waals surface area contributed by atoms with Crippen LogP contribution in [0.4, 0.5) is 5.69 Å². The summed E-state index contributed by atoms with van der Waals surface area (Å²) >= 11 is 12.1. The van der Waals surface area contributed by atoms with E-state index in [9.17, 15) is 14.9 Å². The molecule has 4 aromatic rings. The summed E-state index contributed by atoms with van der Waals surface area (Å²) in [6, 6.07) is 11.1. The van der Waals surface area contributed by atoms with Crippen LogP contribution in [0.25, 0.3) is 16.7 Å². The van der Waals surface area contributed by atoms with Gasteiger partial charge in [0.15, 0.2) is 5.65 Å². The average molecular weight is 416 g/mol. The zero-order chi connectivity index (χ0) is 19.8. The lowest BCUT2D eigenvalue weighted by atomic mass is 10.2. The van der Waals surface area contributed by atoms with Crippen LogP contribution in [0.15, 0.2) is 59.8 Å². The van der Waals surface area contributed by atoms with E-state index in [0.717, 1.165) is 0 Å². The normalized spacial score (nSPS) is 11.1. The summed E-state index contributed by atoms with van der Waals surface area (Å²) in [6.45, 7) is 0.203. The molecule has 2 aromatic carbocycles. The largest absolute Gasteiger partial charge is 0.294 e. The third-order valence-corrected chi connectivity index (χ3v) is 4.80. The van der Waals surface area contributed by atoms with E-state index in [-0.39, 0.29) is 34.5 Å². The highest BCUT2D eigenvalue weighted by Crippen LogP contribution is 2.24. The fourth-order valence-electron chi connectivity index (χ4n) is 2.87. The van der Waals surface area contributed by atoms with Gasteiger partial charge in [-0.25, -0.2) is 9.67 Å². The number of benzene rings is 2. The zero-order valence-corrected chi connectivity index (χ0v) is 15.6. The molecule has 0 unspecified atom stereocenters. The van der Waals surface area contributed by atoms with Gasteiger partial charge in [0.1, 0.15) is 17.4 Å². The summed E-state index contributed by atoms with van der Waals surface area (Å²) in [5, 5.41) is 16.6. The standard InChI is InChI=1S/C18H11Cl2N5O3/c19-12-6-5-11(14(20)7-12)9-23-10-21-17-13(18(23)26)8-22-24(17)15-3-1-2-4-16(15)25(27)28/h1-8,10H,9H2. The summed E-state index contributed by atoms with van der Waals surface area (Å²) < 4.78 is 2.68. The van der Waals surface area contributed by atoms with Crippen LogP contribution >= 0.6 is 23.2 Å². The first-order valence-electron chi connectivity index (χ1n) is 8.06. The first-order valence-corrected chi connectivity index (χ1v) is 8.82. The lowest BCUT2D eigenvalue weighted by Gasteiger charge is -2.08. The minimum atomic E-state index is -0.507. The van der Waals surface area contributed by atoms with E-state index in [1.807, 2.05) is 0 Å². The molecule has 140 valence electrons. The third kappa shape index (κ3) is 3.12. The molecule has 2 aromatic heterocycles. The number of nitrogens with zero attached hydrogens (tertiary/aromatic N) is 5. The lowest BCUT2D eigenvalue weighted by Crippen LogP contribution is -2.21. The smallest absolute Gasteiger partial charge is 0.294 e. The number of nitro benzene ring substituents is 1. The number of hydrogen-bond acceptors (Lipinski definition) is 5. The van der Waals surface area contributed by atoms with Gasteiger partial charge >= 0.3 is 0 Å². The Labute approximate surface area is 167 Å². The van der Waals surface area contributed by atoms with Gasteiger partial charge in [-0.05, 0) is 23.8 Å². The van der Waals surface area contributed by atoms with Crippen molar-refractivity contribution in [2.45, 2.75) is 6.54 Å². The molecule has 0 saturated carbocycles. The molecule has 0 N–H and O–H groups in total. The fourth-order valence-corrected chi connectivity index (χ4v) is 3.34. The Morgan fingerprint density at radius 1 is 1.14 bits per heavy atom. The molecule has 4 rings (SSSR count). The molecule has 0 radical (unpaired) electrons. The Balaban J connectivity index is 1.81. The van der Waals surface area contributed by atoms with Gasteiger partial charge < -0.3 is 0 Å². The van der Waals surface area contributed by atoms with Gasteiger partial charge in [-0.2, -0.15) is 5.10 Å². The number of nitro groups is 1. The molecular formula is C18H11Cl2N5O3. The minimum absolute atomic E-state index is 0.133. The zero-order valence-electron chi connectivity index (χ0n) is 14.1. The van der Waals surface area contributed by atoms with E-state index in [0.29, 0.717) is 15.6 Å². The first kappa shape index (κ1) is 18.1. The van der Waals surface area contributed by atoms with Gasteiger partial charge in [0.05, 0.1) is 17.7 Å². The van der Waals surface area contributed by atoms with Gasteiger partial charge in [-0.15, -0.1) is 0 Å². The Hall–Kier alpha value is -3.23. The summed E-state index contributed by atoms with van der Waals surface area (Å²) in [5.74, 6) is 0. The van der Waals surface area contributed by atoms with Crippen molar-refractivity contribution in [2.24, 2.45) is 0 Å². The van der Waals surface area contributed by atoms with Crippen molar-refractivity contribution in [3.05, 3.63) is 91.1 Å². The predicted octanol–water partition coefficient (Wildman–Crippen LogP) is 3.85. The lowest BCUT2D eigenvalue weighted by molar-refractivity contribution is -0.384. The van der Waals surface area contributed by atoms with Gasteiger partial charge in [-0.1, -0.05) is 41.4 Å². The number of fused-ring (bicyclic) bond motifs is 1. The first-order chi connectivity index (χ1) is 13.5. The van der Waals surface area contributed by atoms with Crippen LogP contribution in [0, 0.1) is 10.1 Å². The van der Waals surface area contributed by atoms with E-state index >= 15 is 0 Å². The quantitative estimate of drug-likeness (QED) is 0.372. The molecule has 0 atom stereocenters. The molecule has 2 heterocycles. The van der Waals surface area contributed by atoms with Crippen LogP contribution in [0.3, 0.4) is 0 Å². The molecule has 0 aliphatic rings. The molecule has 0 aliphatic carbocycles. The van der Waals surface area contributed by atoms with Gasteiger partial charge in [0.2, 0.25) is 0 Å². The van der Waals surface area contributed by atoms with Crippen molar-refractivity contribution in [3.63, 3.8) is 0 Å². The second kappa shape index (κ2) is 7.06. The molecule has 28 heavy (non-hydrogen) atoms. The summed E-state index contributed by atoms with van der Waals surface area (Å²) in [4.78, 5) is 27.9. The molecule has 0 spiro atoms. The van der Waals surface area contributed by atoms with Gasteiger partial charge in [0, 0.05) is 16.1 Å². The second-order valence-corrected chi connectivity index (χ2v) is 6.80. The number of aromatic nitrogens is 4. The molecule has 0 saturated heterocycles. The van der Waals surface area contributed by atoms with Gasteiger partial charge in [-0.3, -0.25) is 19.5 Å². The highest BCUT2D eigenvalue weighted by atomic mass is 35.5. The van der Waals surface area contributed by atoms with Crippen molar-refractivity contribution >= 4 is 39.9 Å². The van der Waals surface area contributed by atoms with E-state index in [2.05, 4.69) is 10.1 Å². The minimum Gasteiger partial charge on any atom is -0.294 e. The van der Waals surface area contributed by atoms with Crippen LogP contribution < -0.4 is 5.56 Å². The van der Waals surface area contributed by atoms with Crippen molar-refractivity contribution in [2.75, 3.05) is 0 Å². The predicted molar refractivity (Wildman–Crippen MR) is 105 cm³/mol. The van der Waals surface area contributed by atoms with Gasteiger partial charge in [0.25, 0.3) is 11.2 Å². The van der Waals surface area contributed by atoms with Crippen molar-refractivity contribution in [1.29, 1.82) is 0 Å². The topological polar surface area (TPSA) is 95.8 Å². The van der Waals surface area contributed by atoms with E-state index in [1.165, 1.54) is 27.8 Å². The second-order valence-electron chi connectivity index (χ2n) is 5.95. The Morgan fingerprint density at radius 2 is 1.93 bits per heavy atom. The molecule has 0 bridgehead atoms. The monoisotopic (exact) mass is 415 g/mol. The Kier molecular flexibility index (Phi) is 4.58. The Morgan fingerprint density at radius 3 is 2.68 bits per heavy atom. The number of rotatable bonds is 4. The molecule has 0 fully saturated rings. The van der Waals surface area contributed by atoms with Crippen LogP contribution in [0.2, 0.25) is 10.0 Å². The maximum absolute atomic E-state index is 12.8. The Bertz CT molecular complexity index is 1280. The molecule has 8 nitrogen and oxygen atoms in total. The van der Waals surface area contributed by atoms with Crippen LogP contribution in [0.1, 0.15) is 5.56 Å². The number of halogens is 2. The van der Waals surface area contributed by atoms with Crippen LogP contribution in [-0.4, -0.2) is 24.3 Å². The molecule has 10 heteroatoms. The van der Waals surface area contributed by atoms with Crippen molar-refractivity contribution < 1.29 is 4.92 Å². The third-order valence-electron chi connectivity index (χ3n) is 4.22. The summed E-state index contributed by atoms with van der Waals surface area (Å²) in [6.07, 6.45) is 2.71. The maximum Gasteiger partial charge on any atom is 0.294 e. The molecular weight excluding hydrogens is 405 g/mol. The highest BCUT2D eigenvalue weighted by Gasteiger charge is 2.19.